The number of carbonyl (C=O) groups is 1. The molecule has 3 heterocycles. The first-order chi connectivity index (χ1) is 17.9. The third-order valence-corrected chi connectivity index (χ3v) is 8.63. The van der Waals surface area contributed by atoms with Gasteiger partial charge in [-0.2, -0.15) is 0 Å². The highest BCUT2D eigenvalue weighted by molar-refractivity contribution is 7.99. The highest BCUT2D eigenvalue weighted by Crippen LogP contribution is 2.29. The second-order valence-electron chi connectivity index (χ2n) is 8.98. The van der Waals surface area contributed by atoms with Gasteiger partial charge in [-0.15, -0.1) is 0 Å². The SMILES string of the molecule is CCOc1ccc(-n2c(SCC(=O)N3CCCC3)nc3c(sc(=S)n3-c3ccc(C)cc3C)c2=O)cc1. The van der Waals surface area contributed by atoms with Gasteiger partial charge in [0.15, 0.2) is 14.8 Å². The van der Waals surface area contributed by atoms with Crippen molar-refractivity contribution in [1.82, 2.24) is 19.0 Å². The summed E-state index contributed by atoms with van der Waals surface area (Å²) in [4.78, 5) is 33.6. The molecule has 0 spiro atoms. The maximum Gasteiger partial charge on any atom is 0.278 e. The molecule has 1 aliphatic rings. The largest absolute Gasteiger partial charge is 0.494 e. The fourth-order valence-electron chi connectivity index (χ4n) is 4.57. The number of likely N-dealkylation sites (tertiary alicyclic amines) is 1. The zero-order valence-corrected chi connectivity index (χ0v) is 23.5. The van der Waals surface area contributed by atoms with Gasteiger partial charge in [-0.3, -0.25) is 18.7 Å². The molecule has 0 bridgehead atoms. The van der Waals surface area contributed by atoms with E-state index in [-0.39, 0.29) is 17.2 Å². The minimum Gasteiger partial charge on any atom is -0.494 e. The van der Waals surface area contributed by atoms with Gasteiger partial charge in [0.2, 0.25) is 5.91 Å². The molecule has 10 heteroatoms. The lowest BCUT2D eigenvalue weighted by molar-refractivity contribution is -0.127. The predicted octanol–water partition coefficient (Wildman–Crippen LogP) is 5.70. The average Bonchev–Trinajstić information content (AvgIpc) is 3.52. The Bertz CT molecular complexity index is 1580. The minimum atomic E-state index is -0.204. The highest BCUT2D eigenvalue weighted by atomic mass is 32.2. The minimum absolute atomic E-state index is 0.0617. The van der Waals surface area contributed by atoms with E-state index in [0.29, 0.717) is 31.8 Å². The van der Waals surface area contributed by atoms with E-state index in [2.05, 4.69) is 6.07 Å². The fourth-order valence-corrected chi connectivity index (χ4v) is 6.77. The van der Waals surface area contributed by atoms with Gasteiger partial charge < -0.3 is 9.64 Å². The van der Waals surface area contributed by atoms with E-state index in [1.165, 1.54) is 23.1 Å². The molecule has 2 aromatic carbocycles. The van der Waals surface area contributed by atoms with Crippen LogP contribution in [0, 0.1) is 17.8 Å². The van der Waals surface area contributed by atoms with Crippen LogP contribution >= 0.6 is 35.3 Å². The first-order valence-electron chi connectivity index (χ1n) is 12.3. The summed E-state index contributed by atoms with van der Waals surface area (Å²) in [5, 5.41) is 0.459. The molecule has 1 fully saturated rings. The lowest BCUT2D eigenvalue weighted by Crippen LogP contribution is -2.29. The molecule has 1 amide bonds. The first kappa shape index (κ1) is 25.7. The molecule has 0 N–H and O–H groups in total. The quantitative estimate of drug-likeness (QED) is 0.167. The lowest BCUT2D eigenvalue weighted by Gasteiger charge is -2.17. The van der Waals surface area contributed by atoms with Gasteiger partial charge in [0.05, 0.1) is 23.7 Å². The Morgan fingerprint density at radius 1 is 1.11 bits per heavy atom. The van der Waals surface area contributed by atoms with Crippen LogP contribution in [0.2, 0.25) is 0 Å². The number of fused-ring (bicyclic) bond motifs is 1. The van der Waals surface area contributed by atoms with Crippen LogP contribution in [0.15, 0.2) is 52.4 Å². The van der Waals surface area contributed by atoms with Crippen LogP contribution in [0.3, 0.4) is 0 Å². The fraction of sp³-hybridized carbons (Fsp3) is 0.333. The van der Waals surface area contributed by atoms with Crippen LogP contribution in [0.1, 0.15) is 30.9 Å². The summed E-state index contributed by atoms with van der Waals surface area (Å²) in [6, 6.07) is 13.5. The van der Waals surface area contributed by atoms with Crippen molar-refractivity contribution in [2.75, 3.05) is 25.4 Å². The summed E-state index contributed by atoms with van der Waals surface area (Å²) in [5.41, 5.74) is 4.07. The number of benzene rings is 2. The predicted molar refractivity (Wildman–Crippen MR) is 153 cm³/mol. The Labute approximate surface area is 228 Å². The summed E-state index contributed by atoms with van der Waals surface area (Å²) in [6.07, 6.45) is 2.06. The number of thiazole rings is 1. The second-order valence-corrected chi connectivity index (χ2v) is 11.6. The molecule has 4 aromatic rings. The molecule has 0 saturated carbocycles. The van der Waals surface area contributed by atoms with Crippen molar-refractivity contribution in [2.45, 2.75) is 38.8 Å². The Morgan fingerprint density at radius 2 is 1.84 bits per heavy atom. The zero-order valence-electron chi connectivity index (χ0n) is 21.0. The van der Waals surface area contributed by atoms with E-state index in [1.54, 1.807) is 4.57 Å². The topological polar surface area (TPSA) is 69.4 Å². The van der Waals surface area contributed by atoms with Gasteiger partial charge >= 0.3 is 0 Å². The van der Waals surface area contributed by atoms with Crippen molar-refractivity contribution < 1.29 is 9.53 Å². The summed E-state index contributed by atoms with van der Waals surface area (Å²) in [7, 11) is 0. The van der Waals surface area contributed by atoms with Crippen molar-refractivity contribution in [3.63, 3.8) is 0 Å². The van der Waals surface area contributed by atoms with E-state index < -0.39 is 0 Å². The third kappa shape index (κ3) is 5.10. The molecule has 1 aliphatic heterocycles. The number of carbonyl (C=O) groups excluding carboxylic acids is 1. The number of aryl methyl sites for hydroxylation is 2. The molecule has 2 aromatic heterocycles. The number of hydrogen-bond donors (Lipinski definition) is 0. The maximum atomic E-state index is 13.9. The van der Waals surface area contributed by atoms with E-state index >= 15 is 0 Å². The standard InChI is InChI=1S/C27H28N4O3S3/c1-4-34-20-10-8-19(9-11-20)30-25(33)23-24(28-26(30)36-16-22(32)29-13-5-6-14-29)31(27(35)37-23)21-12-7-17(2)15-18(21)3/h7-12,15H,4-6,13-14,16H2,1-3H3. The van der Waals surface area contributed by atoms with Crippen molar-refractivity contribution in [2.24, 2.45) is 0 Å². The van der Waals surface area contributed by atoms with Crippen molar-refractivity contribution in [1.29, 1.82) is 0 Å². The molecule has 7 nitrogen and oxygen atoms in total. The van der Waals surface area contributed by atoms with Gasteiger partial charge in [0.1, 0.15) is 10.4 Å². The van der Waals surface area contributed by atoms with Crippen molar-refractivity contribution in [3.8, 4) is 17.1 Å². The number of thioether (sulfide) groups is 1. The summed E-state index contributed by atoms with van der Waals surface area (Å²) < 4.78 is 10.1. The number of rotatable bonds is 7. The summed E-state index contributed by atoms with van der Waals surface area (Å²) in [6.45, 7) is 8.13. The summed E-state index contributed by atoms with van der Waals surface area (Å²) in [5.74, 6) is 0.999. The van der Waals surface area contributed by atoms with Gasteiger partial charge in [-0.25, -0.2) is 4.98 Å². The molecule has 0 atom stereocenters. The Kier molecular flexibility index (Phi) is 7.50. The Morgan fingerprint density at radius 3 is 2.51 bits per heavy atom. The molecule has 192 valence electrons. The van der Waals surface area contributed by atoms with E-state index in [1.807, 2.05) is 66.6 Å². The molecular weight excluding hydrogens is 525 g/mol. The van der Waals surface area contributed by atoms with Gasteiger partial charge in [-0.05, 0) is 81.7 Å². The van der Waals surface area contributed by atoms with E-state index in [4.69, 9.17) is 21.9 Å². The van der Waals surface area contributed by atoms with Gasteiger partial charge in [-0.1, -0.05) is 40.8 Å². The number of aromatic nitrogens is 3. The van der Waals surface area contributed by atoms with Crippen molar-refractivity contribution >= 4 is 51.6 Å². The lowest BCUT2D eigenvalue weighted by atomic mass is 10.1. The molecule has 5 rings (SSSR count). The number of nitrogens with zero attached hydrogens (tertiary/aromatic N) is 4. The zero-order chi connectivity index (χ0) is 26.1. The third-order valence-electron chi connectivity index (χ3n) is 6.36. The highest BCUT2D eigenvalue weighted by Gasteiger charge is 2.23. The summed E-state index contributed by atoms with van der Waals surface area (Å²) >= 11 is 8.27. The maximum absolute atomic E-state index is 13.9. The van der Waals surface area contributed by atoms with Crippen LogP contribution < -0.4 is 10.3 Å². The van der Waals surface area contributed by atoms with Crippen LogP contribution in [0.25, 0.3) is 21.7 Å². The number of amides is 1. The Hall–Kier alpha value is -2.95. The molecule has 1 saturated heterocycles. The van der Waals surface area contributed by atoms with E-state index in [0.717, 1.165) is 48.5 Å². The van der Waals surface area contributed by atoms with E-state index in [9.17, 15) is 9.59 Å². The monoisotopic (exact) mass is 552 g/mol. The van der Waals surface area contributed by atoms with Crippen LogP contribution in [0.4, 0.5) is 0 Å². The van der Waals surface area contributed by atoms with Gasteiger partial charge in [0, 0.05) is 13.1 Å². The molecule has 0 radical (unpaired) electrons. The number of hydrogen-bond acceptors (Lipinski definition) is 7. The average molecular weight is 553 g/mol. The normalized spacial score (nSPS) is 13.4. The van der Waals surface area contributed by atoms with Gasteiger partial charge in [0.25, 0.3) is 5.56 Å². The van der Waals surface area contributed by atoms with Crippen LogP contribution in [0.5, 0.6) is 5.75 Å². The van der Waals surface area contributed by atoms with Crippen LogP contribution in [-0.2, 0) is 4.79 Å². The van der Waals surface area contributed by atoms with Crippen LogP contribution in [-0.4, -0.2) is 50.4 Å². The number of ether oxygens (including phenoxy) is 1. The Balaban J connectivity index is 1.66. The first-order valence-corrected chi connectivity index (χ1v) is 14.5. The van der Waals surface area contributed by atoms with Crippen molar-refractivity contribution in [3.05, 3.63) is 67.9 Å². The molecular formula is C27H28N4O3S3. The molecule has 37 heavy (non-hydrogen) atoms. The molecule has 0 aliphatic carbocycles. The smallest absolute Gasteiger partial charge is 0.278 e. The second kappa shape index (κ2) is 10.8. The molecule has 0 unspecified atom stereocenters.